The third kappa shape index (κ3) is 3.43. The van der Waals surface area contributed by atoms with E-state index in [0.717, 1.165) is 5.69 Å². The summed E-state index contributed by atoms with van der Waals surface area (Å²) in [5, 5.41) is 10.8. The van der Waals surface area contributed by atoms with Gasteiger partial charge in [0.15, 0.2) is 5.82 Å². The maximum Gasteiger partial charge on any atom is 0.249 e. The number of carbonyl (C=O) groups excluding carboxylic acids is 1. The minimum Gasteiger partial charge on any atom is -0.344 e. The molecule has 0 unspecified atom stereocenters. The zero-order chi connectivity index (χ0) is 14.5. The van der Waals surface area contributed by atoms with Crippen LogP contribution in [-0.2, 0) is 11.3 Å². The molecular formula is C13H19N5O2. The molecule has 0 saturated heterocycles. The fourth-order valence-electron chi connectivity index (χ4n) is 1.90. The Morgan fingerprint density at radius 3 is 2.85 bits per heavy atom. The molecule has 0 aliphatic rings. The number of aromatic nitrogens is 4. The number of amides is 1. The lowest BCUT2D eigenvalue weighted by Crippen LogP contribution is -2.29. The summed E-state index contributed by atoms with van der Waals surface area (Å²) < 4.78 is 6.90. The zero-order valence-corrected chi connectivity index (χ0v) is 12.0. The highest BCUT2D eigenvalue weighted by Gasteiger charge is 2.18. The molecule has 20 heavy (non-hydrogen) atoms. The van der Waals surface area contributed by atoms with Crippen molar-refractivity contribution in [1.29, 1.82) is 0 Å². The highest BCUT2D eigenvalue weighted by atomic mass is 16.5. The van der Waals surface area contributed by atoms with Crippen molar-refractivity contribution in [3.05, 3.63) is 29.7 Å². The highest BCUT2D eigenvalue weighted by molar-refractivity contribution is 5.76. The van der Waals surface area contributed by atoms with Crippen LogP contribution in [0.15, 0.2) is 16.8 Å². The van der Waals surface area contributed by atoms with Gasteiger partial charge in [-0.25, -0.2) is 0 Å². The normalized spacial score (nSPS) is 12.3. The van der Waals surface area contributed by atoms with E-state index in [0.29, 0.717) is 31.1 Å². The van der Waals surface area contributed by atoms with E-state index in [1.165, 1.54) is 0 Å². The molecular weight excluding hydrogens is 258 g/mol. The lowest BCUT2D eigenvalue weighted by molar-refractivity contribution is -0.122. The Morgan fingerprint density at radius 1 is 1.50 bits per heavy atom. The van der Waals surface area contributed by atoms with Gasteiger partial charge in [-0.3, -0.25) is 9.48 Å². The summed E-state index contributed by atoms with van der Waals surface area (Å²) in [6, 6.07) is 1.68. The van der Waals surface area contributed by atoms with E-state index in [-0.39, 0.29) is 11.9 Å². The molecule has 0 saturated carbocycles. The fraction of sp³-hybridized carbons (Fsp3) is 0.538. The number of nitrogens with one attached hydrogen (secondary N) is 1. The van der Waals surface area contributed by atoms with Crippen molar-refractivity contribution >= 4 is 5.91 Å². The number of aryl methyl sites for hydroxylation is 3. The number of nitrogens with zero attached hydrogens (tertiary/aromatic N) is 4. The second-order valence-electron chi connectivity index (χ2n) is 4.65. The van der Waals surface area contributed by atoms with Gasteiger partial charge in [-0.2, -0.15) is 10.1 Å². The average Bonchev–Trinajstić information content (AvgIpc) is 3.02. The number of carbonyl (C=O) groups is 1. The van der Waals surface area contributed by atoms with Gasteiger partial charge in [-0.15, -0.1) is 0 Å². The molecule has 0 aromatic carbocycles. The molecule has 0 aliphatic heterocycles. The van der Waals surface area contributed by atoms with Gasteiger partial charge in [0.05, 0.1) is 0 Å². The third-order valence-corrected chi connectivity index (χ3v) is 3.06. The van der Waals surface area contributed by atoms with Crippen molar-refractivity contribution < 1.29 is 9.32 Å². The van der Waals surface area contributed by atoms with Gasteiger partial charge in [0.1, 0.15) is 6.04 Å². The predicted molar refractivity (Wildman–Crippen MR) is 71.8 cm³/mol. The maximum absolute atomic E-state index is 12.0. The molecule has 2 aromatic rings. The first-order chi connectivity index (χ1) is 9.60. The molecule has 1 N–H and O–H groups in total. The Labute approximate surface area is 117 Å². The molecule has 2 heterocycles. The smallest absolute Gasteiger partial charge is 0.249 e. The van der Waals surface area contributed by atoms with Crippen LogP contribution in [0.3, 0.4) is 0 Å². The van der Waals surface area contributed by atoms with Crippen molar-refractivity contribution in [2.24, 2.45) is 0 Å². The van der Waals surface area contributed by atoms with Gasteiger partial charge in [-0.05, 0) is 26.3 Å². The average molecular weight is 277 g/mol. The summed E-state index contributed by atoms with van der Waals surface area (Å²) in [5.74, 6) is 0.969. The van der Waals surface area contributed by atoms with E-state index >= 15 is 0 Å². The molecule has 0 radical (unpaired) electrons. The van der Waals surface area contributed by atoms with Crippen LogP contribution >= 0.6 is 0 Å². The minimum absolute atomic E-state index is 0.0531. The zero-order valence-electron chi connectivity index (χ0n) is 12.0. The molecule has 1 atom stereocenters. The van der Waals surface area contributed by atoms with Crippen molar-refractivity contribution in [2.45, 2.75) is 46.2 Å². The third-order valence-electron chi connectivity index (χ3n) is 3.06. The first kappa shape index (κ1) is 14.2. The minimum atomic E-state index is -0.234. The van der Waals surface area contributed by atoms with Crippen LogP contribution in [0.5, 0.6) is 0 Å². The summed E-state index contributed by atoms with van der Waals surface area (Å²) >= 11 is 0. The molecule has 7 heteroatoms. The summed E-state index contributed by atoms with van der Waals surface area (Å²) in [6.45, 7) is 6.23. The van der Waals surface area contributed by atoms with Gasteiger partial charge < -0.3 is 9.84 Å². The molecule has 1 amide bonds. The van der Waals surface area contributed by atoms with Crippen LogP contribution < -0.4 is 5.32 Å². The van der Waals surface area contributed by atoms with Gasteiger partial charge in [-0.1, -0.05) is 12.1 Å². The van der Waals surface area contributed by atoms with E-state index in [1.807, 2.05) is 19.9 Å². The van der Waals surface area contributed by atoms with Crippen LogP contribution in [0.4, 0.5) is 0 Å². The van der Waals surface area contributed by atoms with Crippen molar-refractivity contribution in [2.75, 3.05) is 0 Å². The standard InChI is InChI=1S/C13H19N5O2/c1-4-11(13-15-10(3)17-20-13)16-12(19)6-8-18-9(2)5-7-14-18/h5,7,11H,4,6,8H2,1-3H3,(H,16,19)/t11-/m1/s1. The largest absolute Gasteiger partial charge is 0.344 e. The van der Waals surface area contributed by atoms with E-state index in [1.54, 1.807) is 17.8 Å². The quantitative estimate of drug-likeness (QED) is 0.865. The Morgan fingerprint density at radius 2 is 2.30 bits per heavy atom. The Hall–Kier alpha value is -2.18. The molecule has 108 valence electrons. The lowest BCUT2D eigenvalue weighted by atomic mass is 10.2. The molecule has 0 fully saturated rings. The van der Waals surface area contributed by atoms with E-state index in [2.05, 4.69) is 20.6 Å². The topological polar surface area (TPSA) is 85.8 Å². The maximum atomic E-state index is 12.0. The summed E-state index contributed by atoms with van der Waals surface area (Å²) in [6.07, 6.45) is 2.80. The molecule has 0 aliphatic carbocycles. The highest BCUT2D eigenvalue weighted by Crippen LogP contribution is 2.14. The van der Waals surface area contributed by atoms with Crippen molar-refractivity contribution in [3.8, 4) is 0 Å². The van der Waals surface area contributed by atoms with Crippen LogP contribution in [-0.4, -0.2) is 25.8 Å². The molecule has 2 rings (SSSR count). The van der Waals surface area contributed by atoms with Crippen LogP contribution in [0.1, 0.15) is 43.2 Å². The monoisotopic (exact) mass is 277 g/mol. The SMILES string of the molecule is CC[C@@H](NC(=O)CCn1nccc1C)c1nc(C)no1. The molecule has 0 spiro atoms. The molecule has 0 bridgehead atoms. The number of hydrogen-bond donors (Lipinski definition) is 1. The first-order valence-electron chi connectivity index (χ1n) is 6.68. The van der Waals surface area contributed by atoms with Crippen LogP contribution in [0.25, 0.3) is 0 Å². The summed E-state index contributed by atoms with van der Waals surface area (Å²) in [5.41, 5.74) is 1.04. The van der Waals surface area contributed by atoms with Crippen molar-refractivity contribution in [1.82, 2.24) is 25.2 Å². The van der Waals surface area contributed by atoms with E-state index < -0.39 is 0 Å². The fourth-order valence-corrected chi connectivity index (χ4v) is 1.90. The van der Waals surface area contributed by atoms with Crippen LogP contribution in [0.2, 0.25) is 0 Å². The molecule has 7 nitrogen and oxygen atoms in total. The van der Waals surface area contributed by atoms with Crippen molar-refractivity contribution in [3.63, 3.8) is 0 Å². The van der Waals surface area contributed by atoms with Gasteiger partial charge in [0.25, 0.3) is 0 Å². The number of rotatable bonds is 6. The summed E-state index contributed by atoms with van der Waals surface area (Å²) in [7, 11) is 0. The first-order valence-corrected chi connectivity index (χ1v) is 6.68. The molecule has 2 aromatic heterocycles. The second kappa shape index (κ2) is 6.31. The Balaban J connectivity index is 1.88. The Kier molecular flexibility index (Phi) is 4.49. The number of hydrogen-bond acceptors (Lipinski definition) is 5. The second-order valence-corrected chi connectivity index (χ2v) is 4.65. The Bertz CT molecular complexity index is 575. The van der Waals surface area contributed by atoms with E-state index in [9.17, 15) is 4.79 Å². The lowest BCUT2D eigenvalue weighted by Gasteiger charge is -2.13. The summed E-state index contributed by atoms with van der Waals surface area (Å²) in [4.78, 5) is 16.1. The van der Waals surface area contributed by atoms with E-state index in [4.69, 9.17) is 4.52 Å². The van der Waals surface area contributed by atoms with Gasteiger partial charge >= 0.3 is 0 Å². The van der Waals surface area contributed by atoms with Crippen LogP contribution in [0, 0.1) is 13.8 Å². The van der Waals surface area contributed by atoms with Gasteiger partial charge in [0, 0.05) is 24.9 Å². The predicted octanol–water partition coefficient (Wildman–Crippen LogP) is 1.54. The van der Waals surface area contributed by atoms with Gasteiger partial charge in [0.2, 0.25) is 11.8 Å².